The van der Waals surface area contributed by atoms with Crippen LogP contribution >= 0.6 is 11.6 Å². The highest BCUT2D eigenvalue weighted by atomic mass is 35.5. The lowest BCUT2D eigenvalue weighted by Crippen LogP contribution is -2.37. The molecule has 1 aliphatic heterocycles. The van der Waals surface area contributed by atoms with Gasteiger partial charge in [0.1, 0.15) is 0 Å². The van der Waals surface area contributed by atoms with Crippen LogP contribution in [-0.4, -0.2) is 30.1 Å². The van der Waals surface area contributed by atoms with E-state index in [1.165, 1.54) is 0 Å². The van der Waals surface area contributed by atoms with Crippen molar-refractivity contribution in [2.75, 3.05) is 13.1 Å². The number of carbonyl (C=O) groups excluding carboxylic acids is 1. The minimum atomic E-state index is -0.629. The molecule has 1 heterocycles. The minimum absolute atomic E-state index is 0.105. The van der Waals surface area contributed by atoms with Gasteiger partial charge in [0.15, 0.2) is 0 Å². The number of rotatable bonds is 5. The van der Waals surface area contributed by atoms with E-state index in [9.17, 15) is 9.90 Å². The molecule has 0 saturated carbocycles. The Morgan fingerprint density at radius 2 is 2.28 bits per heavy atom. The Hall–Kier alpha value is -1.10. The summed E-state index contributed by atoms with van der Waals surface area (Å²) in [5.74, 6) is 0.105. The SMILES string of the molecule is O=C1CCC(CNCC(O)c2ccccc2Cl)N1. The fraction of sp³-hybridized carbons (Fsp3) is 0.462. The Morgan fingerprint density at radius 3 is 2.94 bits per heavy atom. The van der Waals surface area contributed by atoms with Gasteiger partial charge in [-0.05, 0) is 12.5 Å². The first-order valence-electron chi connectivity index (χ1n) is 6.09. The van der Waals surface area contributed by atoms with Gasteiger partial charge in [0.2, 0.25) is 5.91 Å². The zero-order valence-electron chi connectivity index (χ0n) is 10.0. The Kier molecular flexibility index (Phi) is 4.58. The molecule has 1 aromatic carbocycles. The predicted octanol–water partition coefficient (Wildman–Crippen LogP) is 1.24. The molecular weight excluding hydrogens is 252 g/mol. The number of hydrogen-bond acceptors (Lipinski definition) is 3. The summed E-state index contributed by atoms with van der Waals surface area (Å²) in [5.41, 5.74) is 0.724. The van der Waals surface area contributed by atoms with Crippen LogP contribution in [0.2, 0.25) is 5.02 Å². The van der Waals surface area contributed by atoms with E-state index in [0.29, 0.717) is 24.5 Å². The molecule has 0 bridgehead atoms. The third kappa shape index (κ3) is 3.45. The second-order valence-corrected chi connectivity index (χ2v) is 4.91. The molecule has 2 atom stereocenters. The summed E-state index contributed by atoms with van der Waals surface area (Å²) >= 11 is 6.00. The lowest BCUT2D eigenvalue weighted by atomic mass is 10.1. The van der Waals surface area contributed by atoms with E-state index in [4.69, 9.17) is 11.6 Å². The van der Waals surface area contributed by atoms with E-state index in [2.05, 4.69) is 10.6 Å². The van der Waals surface area contributed by atoms with Crippen molar-refractivity contribution in [1.29, 1.82) is 0 Å². The van der Waals surface area contributed by atoms with Gasteiger partial charge in [0.25, 0.3) is 0 Å². The van der Waals surface area contributed by atoms with Gasteiger partial charge >= 0.3 is 0 Å². The van der Waals surface area contributed by atoms with Crippen LogP contribution in [0.1, 0.15) is 24.5 Å². The fourth-order valence-corrected chi connectivity index (χ4v) is 2.34. The van der Waals surface area contributed by atoms with E-state index < -0.39 is 6.10 Å². The van der Waals surface area contributed by atoms with E-state index >= 15 is 0 Å². The van der Waals surface area contributed by atoms with Gasteiger partial charge in [-0.15, -0.1) is 0 Å². The standard InChI is InChI=1S/C13H17ClN2O2/c14-11-4-2-1-3-10(11)12(17)8-15-7-9-5-6-13(18)16-9/h1-4,9,12,15,17H,5-8H2,(H,16,18). The first-order valence-corrected chi connectivity index (χ1v) is 6.47. The summed E-state index contributed by atoms with van der Waals surface area (Å²) in [7, 11) is 0. The topological polar surface area (TPSA) is 61.4 Å². The van der Waals surface area contributed by atoms with E-state index in [1.54, 1.807) is 6.07 Å². The first-order chi connectivity index (χ1) is 8.66. The average Bonchev–Trinajstić information content (AvgIpc) is 2.75. The summed E-state index contributed by atoms with van der Waals surface area (Å²) in [6, 6.07) is 7.43. The normalized spacial score (nSPS) is 20.8. The molecule has 0 aromatic heterocycles. The van der Waals surface area contributed by atoms with Gasteiger partial charge in [0.05, 0.1) is 6.10 Å². The van der Waals surface area contributed by atoms with Gasteiger partial charge in [-0.1, -0.05) is 29.8 Å². The number of amides is 1. The second-order valence-electron chi connectivity index (χ2n) is 4.50. The smallest absolute Gasteiger partial charge is 0.220 e. The number of halogens is 1. The fourth-order valence-electron chi connectivity index (χ4n) is 2.08. The zero-order chi connectivity index (χ0) is 13.0. The Labute approximate surface area is 111 Å². The average molecular weight is 269 g/mol. The molecule has 0 aliphatic carbocycles. The number of aliphatic hydroxyl groups excluding tert-OH is 1. The Morgan fingerprint density at radius 1 is 1.50 bits per heavy atom. The monoisotopic (exact) mass is 268 g/mol. The van der Waals surface area contributed by atoms with Gasteiger partial charge in [-0.2, -0.15) is 0 Å². The predicted molar refractivity (Wildman–Crippen MR) is 70.4 cm³/mol. The number of aliphatic hydroxyl groups is 1. The van der Waals surface area contributed by atoms with Crippen molar-refractivity contribution in [3.63, 3.8) is 0 Å². The third-order valence-corrected chi connectivity index (χ3v) is 3.42. The number of carbonyl (C=O) groups is 1. The van der Waals surface area contributed by atoms with Crippen LogP contribution in [0.3, 0.4) is 0 Å². The zero-order valence-corrected chi connectivity index (χ0v) is 10.8. The van der Waals surface area contributed by atoms with Crippen molar-refractivity contribution in [3.05, 3.63) is 34.9 Å². The molecule has 4 nitrogen and oxygen atoms in total. The molecule has 1 amide bonds. The largest absolute Gasteiger partial charge is 0.387 e. The maximum absolute atomic E-state index is 11.0. The Balaban J connectivity index is 1.77. The van der Waals surface area contributed by atoms with Crippen LogP contribution in [0.5, 0.6) is 0 Å². The summed E-state index contributed by atoms with van der Waals surface area (Å²) < 4.78 is 0. The maximum Gasteiger partial charge on any atom is 0.220 e. The molecule has 18 heavy (non-hydrogen) atoms. The van der Waals surface area contributed by atoms with E-state index in [1.807, 2.05) is 18.2 Å². The molecule has 2 rings (SSSR count). The summed E-state index contributed by atoms with van der Waals surface area (Å²) in [6.45, 7) is 1.10. The van der Waals surface area contributed by atoms with Crippen molar-refractivity contribution < 1.29 is 9.90 Å². The number of nitrogens with one attached hydrogen (secondary N) is 2. The second kappa shape index (κ2) is 6.18. The van der Waals surface area contributed by atoms with Gasteiger partial charge < -0.3 is 15.7 Å². The highest BCUT2D eigenvalue weighted by Crippen LogP contribution is 2.21. The van der Waals surface area contributed by atoms with Gasteiger partial charge in [-0.3, -0.25) is 4.79 Å². The molecule has 1 aromatic rings. The highest BCUT2D eigenvalue weighted by Gasteiger charge is 2.20. The van der Waals surface area contributed by atoms with E-state index in [0.717, 1.165) is 12.0 Å². The van der Waals surface area contributed by atoms with Crippen LogP contribution in [0, 0.1) is 0 Å². The van der Waals surface area contributed by atoms with Crippen LogP contribution < -0.4 is 10.6 Å². The molecule has 1 aliphatic rings. The number of benzene rings is 1. The third-order valence-electron chi connectivity index (χ3n) is 3.08. The maximum atomic E-state index is 11.0. The lowest BCUT2D eigenvalue weighted by Gasteiger charge is -2.16. The van der Waals surface area contributed by atoms with Crippen molar-refractivity contribution in [1.82, 2.24) is 10.6 Å². The van der Waals surface area contributed by atoms with Crippen LogP contribution in [0.25, 0.3) is 0 Å². The lowest BCUT2D eigenvalue weighted by molar-refractivity contribution is -0.119. The molecule has 2 unspecified atom stereocenters. The molecular formula is C13H17ClN2O2. The molecule has 98 valence electrons. The minimum Gasteiger partial charge on any atom is -0.387 e. The van der Waals surface area contributed by atoms with Crippen molar-refractivity contribution in [3.8, 4) is 0 Å². The molecule has 1 saturated heterocycles. The van der Waals surface area contributed by atoms with Gasteiger partial charge in [0, 0.05) is 36.1 Å². The van der Waals surface area contributed by atoms with E-state index in [-0.39, 0.29) is 11.9 Å². The van der Waals surface area contributed by atoms with Crippen molar-refractivity contribution in [2.24, 2.45) is 0 Å². The summed E-state index contributed by atoms with van der Waals surface area (Å²) in [4.78, 5) is 11.0. The Bertz CT molecular complexity index is 425. The van der Waals surface area contributed by atoms with Crippen LogP contribution in [0.15, 0.2) is 24.3 Å². The first kappa shape index (κ1) is 13.3. The number of hydrogen-bond donors (Lipinski definition) is 3. The molecule has 3 N–H and O–H groups in total. The molecule has 1 fully saturated rings. The van der Waals surface area contributed by atoms with Crippen LogP contribution in [-0.2, 0) is 4.79 Å². The molecule has 0 spiro atoms. The highest BCUT2D eigenvalue weighted by molar-refractivity contribution is 6.31. The summed E-state index contributed by atoms with van der Waals surface area (Å²) in [6.07, 6.45) is 0.823. The quantitative estimate of drug-likeness (QED) is 0.753. The van der Waals surface area contributed by atoms with Crippen LogP contribution in [0.4, 0.5) is 0 Å². The van der Waals surface area contributed by atoms with Crippen molar-refractivity contribution >= 4 is 17.5 Å². The summed E-state index contributed by atoms with van der Waals surface area (Å²) in [5, 5.41) is 16.6. The molecule has 0 radical (unpaired) electrons. The van der Waals surface area contributed by atoms with Gasteiger partial charge in [-0.25, -0.2) is 0 Å². The molecule has 5 heteroatoms. The van der Waals surface area contributed by atoms with Crippen molar-refractivity contribution in [2.45, 2.75) is 25.0 Å².